The second-order valence-corrected chi connectivity index (χ2v) is 7.67. The van der Waals surface area contributed by atoms with Gasteiger partial charge in [-0.1, -0.05) is 52.6 Å². The number of halogens is 1. The number of rotatable bonds is 3. The lowest BCUT2D eigenvalue weighted by Gasteiger charge is -2.36. The van der Waals surface area contributed by atoms with E-state index in [1.807, 2.05) is 19.1 Å². The zero-order valence-electron chi connectivity index (χ0n) is 13.4. The molecule has 2 saturated carbocycles. The zero-order valence-corrected chi connectivity index (χ0v) is 14.9. The van der Waals surface area contributed by atoms with Gasteiger partial charge in [0, 0.05) is 10.7 Å². The maximum absolute atomic E-state index is 12.1. The van der Waals surface area contributed by atoms with Gasteiger partial charge in [0.25, 0.3) is 0 Å². The lowest BCUT2D eigenvalue weighted by Crippen LogP contribution is -2.36. The zero-order chi connectivity index (χ0) is 16.0. The molecule has 3 rings (SSSR count). The number of oxime groups is 1. The first-order valence-electron chi connectivity index (χ1n) is 7.82. The van der Waals surface area contributed by atoms with Crippen LogP contribution in [0.3, 0.4) is 0 Å². The van der Waals surface area contributed by atoms with Crippen LogP contribution in [0.5, 0.6) is 0 Å². The van der Waals surface area contributed by atoms with Crippen LogP contribution in [-0.2, 0) is 4.84 Å². The third-order valence-corrected chi connectivity index (χ3v) is 7.20. The average molecular weight is 364 g/mol. The van der Waals surface area contributed by atoms with Crippen molar-refractivity contribution in [2.24, 2.45) is 21.9 Å². The summed E-state index contributed by atoms with van der Waals surface area (Å²) in [5.74, 6) is 0.258. The van der Waals surface area contributed by atoms with Gasteiger partial charge in [-0.05, 0) is 49.7 Å². The van der Waals surface area contributed by atoms with E-state index in [-0.39, 0.29) is 16.8 Å². The molecule has 0 saturated heterocycles. The molecule has 2 aliphatic rings. The smallest absolute Gasteiger partial charge is 0.313 e. The number of benzene rings is 1. The highest BCUT2D eigenvalue weighted by Crippen LogP contribution is 2.64. The highest BCUT2D eigenvalue weighted by Gasteiger charge is 2.62. The first kappa shape index (κ1) is 15.7. The maximum atomic E-state index is 12.1. The number of fused-ring (bicyclic) bond motifs is 2. The highest BCUT2D eigenvalue weighted by molar-refractivity contribution is 9.09. The van der Waals surface area contributed by atoms with Crippen LogP contribution in [0.4, 0.5) is 0 Å². The monoisotopic (exact) mass is 363 g/mol. The van der Waals surface area contributed by atoms with Crippen LogP contribution < -0.4 is 0 Å². The number of carbonyl (C=O) groups excluding carboxylic acids is 1. The van der Waals surface area contributed by atoms with Gasteiger partial charge in [-0.15, -0.1) is 0 Å². The second-order valence-electron chi connectivity index (χ2n) is 7.11. The predicted molar refractivity (Wildman–Crippen MR) is 91.4 cm³/mol. The van der Waals surface area contributed by atoms with E-state index >= 15 is 0 Å². The van der Waals surface area contributed by atoms with Gasteiger partial charge < -0.3 is 4.84 Å². The van der Waals surface area contributed by atoms with Crippen LogP contribution in [0.15, 0.2) is 29.4 Å². The molecule has 1 aromatic carbocycles. The van der Waals surface area contributed by atoms with Crippen molar-refractivity contribution in [1.82, 2.24) is 0 Å². The Morgan fingerprint density at radius 2 is 2.05 bits per heavy atom. The molecule has 2 aliphatic carbocycles. The third-order valence-electron chi connectivity index (χ3n) is 6.03. The van der Waals surface area contributed by atoms with Crippen LogP contribution in [-0.4, -0.2) is 17.0 Å². The van der Waals surface area contributed by atoms with Crippen molar-refractivity contribution in [3.05, 3.63) is 35.4 Å². The van der Waals surface area contributed by atoms with Crippen molar-refractivity contribution in [3.8, 4) is 0 Å². The minimum Gasteiger partial charge on any atom is -0.313 e. The number of hydrogen-bond acceptors (Lipinski definition) is 3. The van der Waals surface area contributed by atoms with Crippen molar-refractivity contribution in [1.29, 1.82) is 0 Å². The molecule has 0 amide bonds. The summed E-state index contributed by atoms with van der Waals surface area (Å²) in [6.07, 6.45) is 3.31. The molecule has 1 aromatic rings. The molecule has 3 atom stereocenters. The third kappa shape index (κ3) is 2.23. The van der Waals surface area contributed by atoms with Crippen molar-refractivity contribution in [2.45, 2.75) is 40.0 Å². The van der Waals surface area contributed by atoms with Crippen molar-refractivity contribution in [2.75, 3.05) is 5.33 Å². The van der Waals surface area contributed by atoms with Gasteiger partial charge in [0.1, 0.15) is 0 Å². The fourth-order valence-electron chi connectivity index (χ4n) is 4.01. The van der Waals surface area contributed by atoms with Crippen molar-refractivity contribution >= 4 is 27.6 Å². The Kier molecular flexibility index (Phi) is 3.92. The van der Waals surface area contributed by atoms with E-state index in [1.165, 1.54) is 6.42 Å². The molecule has 2 bridgehead atoms. The molecular weight excluding hydrogens is 342 g/mol. The standard InChI is InChI=1S/C18H22BrNO2/c1-12-4-6-13(7-5-12)16(21)22-20-15-10-14-8-9-17(15,2)18(14,3)11-19/h4-7,14H,8-11H2,1-3H3/b20-15+/t14-,17-,18-/m0/s1. The Labute approximate surface area is 140 Å². The number of aryl methyl sites for hydroxylation is 1. The average Bonchev–Trinajstić information content (AvgIpc) is 2.89. The second kappa shape index (κ2) is 5.48. The molecule has 0 spiro atoms. The summed E-state index contributed by atoms with van der Waals surface area (Å²) in [5, 5.41) is 5.23. The van der Waals surface area contributed by atoms with Gasteiger partial charge in [0.15, 0.2) is 0 Å². The molecule has 0 radical (unpaired) electrons. The van der Waals surface area contributed by atoms with Crippen molar-refractivity contribution < 1.29 is 9.63 Å². The van der Waals surface area contributed by atoms with Crippen LogP contribution in [0.1, 0.15) is 49.0 Å². The Balaban J connectivity index is 1.77. The van der Waals surface area contributed by atoms with Gasteiger partial charge in [-0.3, -0.25) is 0 Å². The Bertz CT molecular complexity index is 624. The fourth-order valence-corrected chi connectivity index (χ4v) is 5.09. The Morgan fingerprint density at radius 3 is 2.64 bits per heavy atom. The molecule has 3 nitrogen and oxygen atoms in total. The molecule has 0 N–H and O–H groups in total. The summed E-state index contributed by atoms with van der Waals surface area (Å²) in [6, 6.07) is 7.38. The molecule has 4 heteroatoms. The van der Waals surface area contributed by atoms with E-state index < -0.39 is 0 Å². The van der Waals surface area contributed by atoms with Crippen LogP contribution in [0, 0.1) is 23.7 Å². The van der Waals surface area contributed by atoms with E-state index in [0.717, 1.165) is 29.4 Å². The van der Waals surface area contributed by atoms with Gasteiger partial charge >= 0.3 is 5.97 Å². The molecule has 0 heterocycles. The molecule has 22 heavy (non-hydrogen) atoms. The topological polar surface area (TPSA) is 38.7 Å². The summed E-state index contributed by atoms with van der Waals surface area (Å²) in [5.41, 5.74) is 2.96. The fraction of sp³-hybridized carbons (Fsp3) is 0.556. The van der Waals surface area contributed by atoms with Gasteiger partial charge in [0.2, 0.25) is 0 Å². The van der Waals surface area contributed by atoms with Crippen LogP contribution in [0.25, 0.3) is 0 Å². The SMILES string of the molecule is Cc1ccc(C(=O)O/N=C2\C[C@@H]3CC[C@]2(C)[C@@]3(C)CBr)cc1. The molecule has 0 aliphatic heterocycles. The highest BCUT2D eigenvalue weighted by atomic mass is 79.9. The summed E-state index contributed by atoms with van der Waals surface area (Å²) >= 11 is 3.68. The van der Waals surface area contributed by atoms with E-state index in [4.69, 9.17) is 4.84 Å². The van der Waals surface area contributed by atoms with Crippen LogP contribution >= 0.6 is 15.9 Å². The minimum atomic E-state index is -0.376. The predicted octanol–water partition coefficient (Wildman–Crippen LogP) is 4.73. The summed E-state index contributed by atoms with van der Waals surface area (Å²) in [6.45, 7) is 6.58. The van der Waals surface area contributed by atoms with Gasteiger partial charge in [0.05, 0.1) is 11.3 Å². The summed E-state index contributed by atoms with van der Waals surface area (Å²) in [4.78, 5) is 17.4. The normalized spacial score (nSPS) is 35.1. The number of alkyl halides is 1. The largest absolute Gasteiger partial charge is 0.365 e. The van der Waals surface area contributed by atoms with E-state index in [9.17, 15) is 4.79 Å². The molecular formula is C18H22BrNO2. The Hall–Kier alpha value is -1.16. The lowest BCUT2D eigenvalue weighted by atomic mass is 9.70. The lowest BCUT2D eigenvalue weighted by molar-refractivity contribution is 0.0508. The first-order chi connectivity index (χ1) is 10.4. The summed E-state index contributed by atoms with van der Waals surface area (Å²) in [7, 11) is 0. The van der Waals surface area contributed by atoms with Gasteiger partial charge in [-0.25, -0.2) is 4.79 Å². The Morgan fingerprint density at radius 1 is 1.36 bits per heavy atom. The maximum Gasteiger partial charge on any atom is 0.365 e. The number of carbonyl (C=O) groups is 1. The molecule has 0 aromatic heterocycles. The number of nitrogens with zero attached hydrogens (tertiary/aromatic N) is 1. The quantitative estimate of drug-likeness (QED) is 0.442. The van der Waals surface area contributed by atoms with Gasteiger partial charge in [-0.2, -0.15) is 0 Å². The van der Waals surface area contributed by atoms with E-state index in [0.29, 0.717) is 11.5 Å². The van der Waals surface area contributed by atoms with Crippen molar-refractivity contribution in [3.63, 3.8) is 0 Å². The number of hydrogen-bond donors (Lipinski definition) is 0. The minimum absolute atomic E-state index is 0.0364. The van der Waals surface area contributed by atoms with E-state index in [1.54, 1.807) is 12.1 Å². The molecule has 118 valence electrons. The van der Waals surface area contributed by atoms with Crippen LogP contribution in [0.2, 0.25) is 0 Å². The molecule has 0 unspecified atom stereocenters. The van der Waals surface area contributed by atoms with E-state index in [2.05, 4.69) is 34.9 Å². The summed E-state index contributed by atoms with van der Waals surface area (Å²) < 4.78 is 0. The molecule has 2 fully saturated rings. The first-order valence-corrected chi connectivity index (χ1v) is 8.94.